The molecule has 10 aromatic carbocycles. The van der Waals surface area contributed by atoms with E-state index in [2.05, 4.69) is 77.9 Å². The predicted octanol–water partition coefficient (Wildman–Crippen LogP) is 22.8. The van der Waals surface area contributed by atoms with Gasteiger partial charge in [0.15, 0.2) is 24.0 Å². The van der Waals surface area contributed by atoms with Crippen molar-refractivity contribution in [2.45, 2.75) is 90.5 Å². The number of hydrogen-bond acceptors (Lipinski definition) is 19. The molecule has 0 aliphatic carbocycles. The molecule has 119 heavy (non-hydrogen) atoms. The molecule has 0 saturated heterocycles. The number of aliphatic carboxylic acids is 3. The Morgan fingerprint density at radius 1 is 0.437 bits per heavy atom. The summed E-state index contributed by atoms with van der Waals surface area (Å²) in [6.45, 7) is 16.5. The summed E-state index contributed by atoms with van der Waals surface area (Å²) in [6, 6.07) is 68.1. The first-order chi connectivity index (χ1) is 57.1. The number of amides is 1. The van der Waals surface area contributed by atoms with Gasteiger partial charge in [0.25, 0.3) is 15.9 Å². The largest absolute Gasteiger partial charge is 0.478 e. The Kier molecular flexibility index (Phi) is 27.7. The molecule has 5 N–H and O–H groups in total. The number of thiophene rings is 3. The molecule has 0 unspecified atom stereocenters. The molecule has 0 spiro atoms. The molecule has 4 heterocycles. The number of nitrogens with zero attached hydrogens (tertiary/aromatic N) is 1. The average molecular weight is 1670 g/mol. The molecule has 24 heteroatoms. The second kappa shape index (κ2) is 38.5. The number of carboxylic acid groups (broad SMARTS) is 3. The third-order valence-electron chi connectivity index (χ3n) is 19.1. The topological polar surface area (TPSA) is 291 Å². The number of esters is 2. The maximum absolute atomic E-state index is 13.0. The zero-order chi connectivity index (χ0) is 84.8. The van der Waals surface area contributed by atoms with Crippen LogP contribution in [0.2, 0.25) is 0 Å². The van der Waals surface area contributed by atoms with E-state index in [0.717, 1.165) is 112 Å². The van der Waals surface area contributed by atoms with E-state index in [-0.39, 0.29) is 34.7 Å². The van der Waals surface area contributed by atoms with E-state index in [1.165, 1.54) is 52.8 Å². The average Bonchev–Trinajstić information content (AvgIpc) is 1.61. The van der Waals surface area contributed by atoms with Crippen molar-refractivity contribution >= 4 is 128 Å². The number of carbonyl (C=O) groups excluding carboxylic acids is 3. The fourth-order valence-electron chi connectivity index (χ4n) is 12.9. The fraction of sp³-hybridized carbons (Fsp3) is 0.179. The summed E-state index contributed by atoms with van der Waals surface area (Å²) in [5.74, 6) is 1.63. The number of methoxy groups -OCH3 is 1. The highest BCUT2D eigenvalue weighted by molar-refractivity contribution is 7.90. The molecule has 0 radical (unpaired) electrons. The van der Waals surface area contributed by atoms with Crippen molar-refractivity contribution in [3.63, 3.8) is 0 Å². The first-order valence-corrected chi connectivity index (χ1v) is 42.0. The van der Waals surface area contributed by atoms with Gasteiger partial charge in [-0.25, -0.2) is 27.6 Å². The van der Waals surface area contributed by atoms with Crippen molar-refractivity contribution in [2.24, 2.45) is 11.7 Å². The van der Waals surface area contributed by atoms with Crippen LogP contribution in [0, 0.1) is 5.92 Å². The van der Waals surface area contributed by atoms with E-state index in [0.29, 0.717) is 64.4 Å². The Morgan fingerprint density at radius 2 is 0.773 bits per heavy atom. The number of fused-ring (bicyclic) bond motifs is 4. The summed E-state index contributed by atoms with van der Waals surface area (Å²) in [5, 5.41) is 29.3. The van der Waals surface area contributed by atoms with Gasteiger partial charge in [-0.2, -0.15) is 4.31 Å². The minimum Gasteiger partial charge on any atom is -0.478 e. The van der Waals surface area contributed by atoms with E-state index in [9.17, 15) is 37.2 Å². The van der Waals surface area contributed by atoms with Gasteiger partial charge in [0.05, 0.1) is 33.2 Å². The maximum Gasteiger partial charge on any atom is 0.328 e. The third-order valence-corrected chi connectivity index (χ3v) is 24.4. The van der Waals surface area contributed by atoms with E-state index < -0.39 is 52.6 Å². The Labute approximate surface area is 700 Å². The molecule has 3 aromatic heterocycles. The van der Waals surface area contributed by atoms with Crippen molar-refractivity contribution < 1.29 is 85.7 Å². The van der Waals surface area contributed by atoms with Crippen molar-refractivity contribution in [3.05, 3.63) is 282 Å². The molecule has 1 aliphatic rings. The van der Waals surface area contributed by atoms with Crippen molar-refractivity contribution in [1.29, 1.82) is 0 Å². The van der Waals surface area contributed by atoms with Crippen LogP contribution in [0.25, 0.3) is 79.8 Å². The minimum atomic E-state index is -4.00. The highest BCUT2D eigenvalue weighted by atomic mass is 32.2. The maximum atomic E-state index is 13.0. The number of sulfonamides is 1. The van der Waals surface area contributed by atoms with Crippen LogP contribution in [0.4, 0.5) is 0 Å². The van der Waals surface area contributed by atoms with Crippen molar-refractivity contribution in [1.82, 2.24) is 4.31 Å². The molecule has 14 rings (SSSR count). The van der Waals surface area contributed by atoms with Gasteiger partial charge >= 0.3 is 29.8 Å². The summed E-state index contributed by atoms with van der Waals surface area (Å²) < 4.78 is 70.7. The van der Waals surface area contributed by atoms with Crippen LogP contribution < -0.4 is 34.2 Å². The quantitative estimate of drug-likeness (QED) is 0.0201. The van der Waals surface area contributed by atoms with Gasteiger partial charge in [-0.15, -0.1) is 34.0 Å². The lowest BCUT2D eigenvalue weighted by Gasteiger charge is -2.16. The number of carbonyl (C=O) groups is 6. The molecular formula is C95H86N2O18S4. The first-order valence-electron chi connectivity index (χ1n) is 38.1. The minimum absolute atomic E-state index is 0.0245. The van der Waals surface area contributed by atoms with E-state index >= 15 is 0 Å². The van der Waals surface area contributed by atoms with Gasteiger partial charge in [0.1, 0.15) is 45.4 Å². The van der Waals surface area contributed by atoms with Crippen molar-refractivity contribution in [3.8, 4) is 83.1 Å². The highest BCUT2D eigenvalue weighted by Gasteiger charge is 2.41. The number of hydrogen-bond donors (Lipinski definition) is 4. The lowest BCUT2D eigenvalue weighted by atomic mass is 9.96. The molecule has 0 saturated carbocycles. The Balaban J connectivity index is 0.000000165. The van der Waals surface area contributed by atoms with E-state index in [1.807, 2.05) is 123 Å². The van der Waals surface area contributed by atoms with Crippen LogP contribution >= 0.6 is 34.0 Å². The Hall–Kier alpha value is -12.8. The van der Waals surface area contributed by atoms with Crippen LogP contribution in [0.5, 0.6) is 51.7 Å². The number of rotatable bonds is 28. The Bertz CT molecular complexity index is 6130. The number of ether oxygens (including phenoxy) is 7. The van der Waals surface area contributed by atoms with E-state index in [4.69, 9.17) is 54.2 Å². The molecule has 20 nitrogen and oxygen atoms in total. The summed E-state index contributed by atoms with van der Waals surface area (Å²) in [7, 11) is -2.45. The van der Waals surface area contributed by atoms with E-state index in [1.54, 1.807) is 96.5 Å². The third kappa shape index (κ3) is 20.8. The Morgan fingerprint density at radius 3 is 1.13 bits per heavy atom. The summed E-state index contributed by atoms with van der Waals surface area (Å²) in [4.78, 5) is 72.8. The standard InChI is InChI=1S/C34H27NO7S2.C31H31NO5S.C30H28O6S/c1-21(2)25-7-3-4-8-26(25)33-32(42-23-14-11-22(12-15-23)13-18-31(36)37)27-17-16-24(19-29(27)43-33)41-20-35-34(38)28-9-5-6-10-30(28)44(35,39)40;1-18(2)23-7-5-6-8-24(23)30-29(36-21-12-9-20(10-13-21)11-16-27(33)34)25-15-14-22(17-26(25)38-30)37-31(35)28(32)19(3)4;1-19(2)23-6-4-5-7-24(23)30-29(36-21-11-8-20(9-12-21)10-15-27(31)32)25-14-13-22(18-26(25)37-30)35-28(33)16-17-34-3/h3-19,21H,20H2,1-2H3,(H,36,37);5-19,28H,32H2,1-4H3,(H,33,34);4-15,18-19H,16-17H2,1-3H3,(H,31,32)/b18-13+;16-11+;15-10+/t;28-;/m.0./s1. The van der Waals surface area contributed by atoms with Gasteiger partial charge in [-0.3, -0.25) is 9.59 Å². The molecule has 1 amide bonds. The van der Waals surface area contributed by atoms with Crippen molar-refractivity contribution in [2.75, 3.05) is 20.4 Å². The number of carboxylic acids is 3. The molecule has 1 aliphatic heterocycles. The van der Waals surface area contributed by atoms with Gasteiger partial charge in [-0.05, 0) is 195 Å². The number of nitrogens with two attached hydrogens (primary N) is 1. The monoisotopic (exact) mass is 1670 g/mol. The summed E-state index contributed by atoms with van der Waals surface area (Å²) >= 11 is 4.68. The lowest BCUT2D eigenvalue weighted by molar-refractivity contribution is -0.137. The molecule has 608 valence electrons. The second-order valence-corrected chi connectivity index (χ2v) is 33.8. The molecule has 0 fully saturated rings. The smallest absolute Gasteiger partial charge is 0.328 e. The first kappa shape index (κ1) is 85.6. The fourth-order valence-corrected chi connectivity index (χ4v) is 18.0. The summed E-state index contributed by atoms with van der Waals surface area (Å²) in [5.41, 5.74) is 15.1. The molecule has 13 aromatic rings. The summed E-state index contributed by atoms with van der Waals surface area (Å²) in [6.07, 6.45) is 8.03. The highest BCUT2D eigenvalue weighted by Crippen LogP contribution is 2.53. The van der Waals surface area contributed by atoms with Crippen LogP contribution in [-0.4, -0.2) is 90.3 Å². The molecule has 1 atom stereocenters. The molecular weight excluding hydrogens is 1590 g/mol. The van der Waals surface area contributed by atoms with Gasteiger partial charge < -0.3 is 54.2 Å². The molecule has 0 bridgehead atoms. The van der Waals surface area contributed by atoms with Crippen LogP contribution in [0.15, 0.2) is 248 Å². The number of benzene rings is 10. The van der Waals surface area contributed by atoms with Gasteiger partial charge in [-0.1, -0.05) is 177 Å². The van der Waals surface area contributed by atoms with Gasteiger partial charge in [0, 0.05) is 55.6 Å². The van der Waals surface area contributed by atoms with Crippen LogP contribution in [0.1, 0.15) is 123 Å². The predicted molar refractivity (Wildman–Crippen MR) is 469 cm³/mol. The van der Waals surface area contributed by atoms with Gasteiger partial charge in [0.2, 0.25) is 0 Å². The second-order valence-electron chi connectivity index (χ2n) is 28.8. The van der Waals surface area contributed by atoms with Crippen LogP contribution in [-0.2, 0) is 38.7 Å². The van der Waals surface area contributed by atoms with Crippen LogP contribution in [0.3, 0.4) is 0 Å². The lowest BCUT2D eigenvalue weighted by Crippen LogP contribution is -2.38. The zero-order valence-corrected chi connectivity index (χ0v) is 69.7. The SMILES string of the molecule is CC(C)c1ccccc1-c1sc2cc(OC(=O)[C@@H](N)C(C)C)ccc2c1Oc1ccc(/C=C/C(=O)O)cc1.CC(C)c1ccccc1-c1sc2cc(OCN3C(=O)c4ccccc4S3(=O)=O)ccc2c1Oc1ccc(/C=C/C(=O)O)cc1.COCCC(=O)Oc1ccc2c(Oc3ccc(/C=C/C(=O)O)cc3)c(-c3ccccc3C(C)C)sc2c1. The normalized spacial score (nSPS) is 12.7. The zero-order valence-electron chi connectivity index (χ0n) is 66.5.